The summed E-state index contributed by atoms with van der Waals surface area (Å²) in [5.74, 6) is 0. The standard InChI is InChI=1S/C11H22S/c1-4-6-11(7-5-2)8-10(9-11)12-3/h10H,4-9H2,1-3H3. The molecule has 1 aliphatic rings. The molecule has 0 unspecified atom stereocenters. The Balaban J connectivity index is 2.32. The average molecular weight is 186 g/mol. The lowest BCUT2D eigenvalue weighted by molar-refractivity contribution is 0.112. The predicted octanol–water partition coefficient (Wildman–Crippen LogP) is 4.10. The van der Waals surface area contributed by atoms with Gasteiger partial charge < -0.3 is 0 Å². The minimum absolute atomic E-state index is 0.775. The van der Waals surface area contributed by atoms with Crippen molar-refractivity contribution in [3.8, 4) is 0 Å². The molecule has 0 bridgehead atoms. The fourth-order valence-corrected chi connectivity index (χ4v) is 3.71. The summed E-state index contributed by atoms with van der Waals surface area (Å²) in [5, 5.41) is 0.989. The minimum atomic E-state index is 0.775. The van der Waals surface area contributed by atoms with Crippen molar-refractivity contribution >= 4 is 11.8 Å². The first kappa shape index (κ1) is 10.4. The zero-order chi connectivity index (χ0) is 9.03. The zero-order valence-electron chi connectivity index (χ0n) is 8.73. The van der Waals surface area contributed by atoms with Crippen LogP contribution < -0.4 is 0 Å². The molecule has 1 saturated carbocycles. The molecule has 12 heavy (non-hydrogen) atoms. The molecular formula is C11H22S. The van der Waals surface area contributed by atoms with Gasteiger partial charge in [-0.25, -0.2) is 0 Å². The van der Waals surface area contributed by atoms with E-state index in [9.17, 15) is 0 Å². The van der Waals surface area contributed by atoms with Crippen LogP contribution in [0.1, 0.15) is 52.4 Å². The fraction of sp³-hybridized carbons (Fsp3) is 1.00. The molecule has 0 spiro atoms. The first-order valence-electron chi connectivity index (χ1n) is 5.29. The van der Waals surface area contributed by atoms with Crippen LogP contribution in [0.25, 0.3) is 0 Å². The molecule has 0 atom stereocenters. The maximum Gasteiger partial charge on any atom is 0.00548 e. The van der Waals surface area contributed by atoms with Gasteiger partial charge in [0.2, 0.25) is 0 Å². The van der Waals surface area contributed by atoms with Crippen molar-refractivity contribution in [3.05, 3.63) is 0 Å². The Kier molecular flexibility index (Phi) is 3.95. The highest BCUT2D eigenvalue weighted by Crippen LogP contribution is 2.52. The van der Waals surface area contributed by atoms with Gasteiger partial charge in [0, 0.05) is 5.25 Å². The van der Waals surface area contributed by atoms with Gasteiger partial charge in [0.25, 0.3) is 0 Å². The molecule has 1 aliphatic carbocycles. The smallest absolute Gasteiger partial charge is 0.00548 e. The van der Waals surface area contributed by atoms with Crippen LogP contribution >= 0.6 is 11.8 Å². The summed E-state index contributed by atoms with van der Waals surface area (Å²) in [5.41, 5.74) is 0.775. The van der Waals surface area contributed by atoms with Crippen LogP contribution in [0.5, 0.6) is 0 Å². The second-order valence-electron chi connectivity index (χ2n) is 4.27. The van der Waals surface area contributed by atoms with Crippen LogP contribution in [-0.2, 0) is 0 Å². The molecule has 0 amide bonds. The van der Waals surface area contributed by atoms with E-state index in [1.807, 2.05) is 0 Å². The van der Waals surface area contributed by atoms with Gasteiger partial charge in [-0.1, -0.05) is 26.7 Å². The lowest BCUT2D eigenvalue weighted by Gasteiger charge is -2.47. The van der Waals surface area contributed by atoms with Crippen molar-refractivity contribution < 1.29 is 0 Å². The Morgan fingerprint density at radius 3 is 2.00 bits per heavy atom. The highest BCUT2D eigenvalue weighted by atomic mass is 32.2. The molecule has 0 aromatic heterocycles. The third-order valence-electron chi connectivity index (χ3n) is 3.22. The Labute approximate surface area is 81.5 Å². The molecule has 72 valence electrons. The third-order valence-corrected chi connectivity index (χ3v) is 4.22. The van der Waals surface area contributed by atoms with E-state index in [1.54, 1.807) is 0 Å². The molecular weight excluding hydrogens is 164 g/mol. The summed E-state index contributed by atoms with van der Waals surface area (Å²) in [7, 11) is 0. The largest absolute Gasteiger partial charge is 0.162 e. The minimum Gasteiger partial charge on any atom is -0.162 e. The van der Waals surface area contributed by atoms with E-state index in [0.717, 1.165) is 10.7 Å². The molecule has 0 nitrogen and oxygen atoms in total. The van der Waals surface area contributed by atoms with Crippen molar-refractivity contribution in [2.24, 2.45) is 5.41 Å². The van der Waals surface area contributed by atoms with Crippen LogP contribution in [0.4, 0.5) is 0 Å². The maximum atomic E-state index is 2.32. The molecule has 0 heterocycles. The predicted molar refractivity (Wildman–Crippen MR) is 58.8 cm³/mol. The number of thioether (sulfide) groups is 1. The van der Waals surface area contributed by atoms with E-state index in [1.165, 1.54) is 38.5 Å². The van der Waals surface area contributed by atoms with E-state index in [-0.39, 0.29) is 0 Å². The van der Waals surface area contributed by atoms with Gasteiger partial charge in [0.1, 0.15) is 0 Å². The topological polar surface area (TPSA) is 0 Å². The summed E-state index contributed by atoms with van der Waals surface area (Å²) in [6.45, 7) is 4.65. The van der Waals surface area contributed by atoms with Gasteiger partial charge in [-0.15, -0.1) is 0 Å². The van der Waals surface area contributed by atoms with Crippen LogP contribution in [0.3, 0.4) is 0 Å². The SMILES string of the molecule is CCCC1(CCC)CC(SC)C1. The molecule has 0 saturated heterocycles. The lowest BCUT2D eigenvalue weighted by Crippen LogP contribution is -2.38. The normalized spacial score (nSPS) is 22.2. The first-order valence-corrected chi connectivity index (χ1v) is 6.58. The molecule has 1 heteroatoms. The van der Waals surface area contributed by atoms with E-state index in [0.29, 0.717) is 0 Å². The third kappa shape index (κ3) is 2.18. The van der Waals surface area contributed by atoms with Crippen molar-refractivity contribution in [2.75, 3.05) is 6.26 Å². The van der Waals surface area contributed by atoms with Gasteiger partial charge in [-0.2, -0.15) is 11.8 Å². The molecule has 0 aromatic carbocycles. The fourth-order valence-electron chi connectivity index (χ4n) is 2.67. The van der Waals surface area contributed by atoms with Crippen molar-refractivity contribution in [3.63, 3.8) is 0 Å². The van der Waals surface area contributed by atoms with E-state index < -0.39 is 0 Å². The van der Waals surface area contributed by atoms with Crippen LogP contribution in [0.2, 0.25) is 0 Å². The van der Waals surface area contributed by atoms with E-state index in [2.05, 4.69) is 31.9 Å². The number of rotatable bonds is 5. The van der Waals surface area contributed by atoms with E-state index in [4.69, 9.17) is 0 Å². The Morgan fingerprint density at radius 1 is 1.17 bits per heavy atom. The molecule has 1 rings (SSSR count). The summed E-state index contributed by atoms with van der Waals surface area (Å²) >= 11 is 2.07. The molecule has 0 N–H and O–H groups in total. The maximum absolute atomic E-state index is 2.32. The zero-order valence-corrected chi connectivity index (χ0v) is 9.54. The highest BCUT2D eigenvalue weighted by Gasteiger charge is 2.41. The Hall–Kier alpha value is 0.350. The first-order chi connectivity index (χ1) is 5.76. The summed E-state index contributed by atoms with van der Waals surface area (Å²) < 4.78 is 0. The van der Waals surface area contributed by atoms with Gasteiger partial charge in [0.05, 0.1) is 0 Å². The average Bonchev–Trinajstić information content (AvgIpc) is 1.99. The summed E-state index contributed by atoms with van der Waals surface area (Å²) in [6.07, 6.45) is 10.9. The van der Waals surface area contributed by atoms with Gasteiger partial charge in [-0.05, 0) is 37.4 Å². The molecule has 0 radical (unpaired) electrons. The summed E-state index contributed by atoms with van der Waals surface area (Å²) in [4.78, 5) is 0. The molecule has 0 aliphatic heterocycles. The van der Waals surface area contributed by atoms with Gasteiger partial charge in [-0.3, -0.25) is 0 Å². The monoisotopic (exact) mass is 186 g/mol. The van der Waals surface area contributed by atoms with Crippen molar-refractivity contribution in [1.29, 1.82) is 0 Å². The van der Waals surface area contributed by atoms with Gasteiger partial charge >= 0.3 is 0 Å². The van der Waals surface area contributed by atoms with Crippen molar-refractivity contribution in [2.45, 2.75) is 57.6 Å². The molecule has 1 fully saturated rings. The van der Waals surface area contributed by atoms with Crippen LogP contribution in [-0.4, -0.2) is 11.5 Å². The number of hydrogen-bond acceptors (Lipinski definition) is 1. The lowest BCUT2D eigenvalue weighted by atomic mass is 9.63. The summed E-state index contributed by atoms with van der Waals surface area (Å²) in [6, 6.07) is 0. The van der Waals surface area contributed by atoms with Crippen molar-refractivity contribution in [1.82, 2.24) is 0 Å². The van der Waals surface area contributed by atoms with Crippen LogP contribution in [0, 0.1) is 5.41 Å². The van der Waals surface area contributed by atoms with Crippen LogP contribution in [0.15, 0.2) is 0 Å². The van der Waals surface area contributed by atoms with E-state index >= 15 is 0 Å². The second-order valence-corrected chi connectivity index (χ2v) is 5.40. The Bertz CT molecular complexity index is 117. The quantitative estimate of drug-likeness (QED) is 0.623. The second kappa shape index (κ2) is 4.55. The van der Waals surface area contributed by atoms with Gasteiger partial charge in [0.15, 0.2) is 0 Å². The highest BCUT2D eigenvalue weighted by molar-refractivity contribution is 7.99. The Morgan fingerprint density at radius 2 is 1.67 bits per heavy atom. The molecule has 0 aromatic rings. The number of hydrogen-bond donors (Lipinski definition) is 0.